The van der Waals surface area contributed by atoms with Gasteiger partial charge in [0.15, 0.2) is 17.1 Å². The first-order chi connectivity index (χ1) is 14.2. The summed E-state index contributed by atoms with van der Waals surface area (Å²) in [4.78, 5) is 14.0. The van der Waals surface area contributed by atoms with E-state index >= 15 is 0 Å². The Morgan fingerprint density at radius 1 is 1.07 bits per heavy atom. The molecule has 0 spiro atoms. The average Bonchev–Trinajstić information content (AvgIpc) is 2.68. The number of hydrogen-bond donors (Lipinski definition) is 2. The number of alkyl halides is 3. The van der Waals surface area contributed by atoms with Crippen LogP contribution in [0.4, 0.5) is 13.2 Å². The quantitative estimate of drug-likeness (QED) is 0.679. The zero-order valence-electron chi connectivity index (χ0n) is 16.2. The first-order valence-corrected chi connectivity index (χ1v) is 9.24. The molecule has 1 aliphatic heterocycles. The molecule has 3 aromatic rings. The van der Waals surface area contributed by atoms with E-state index in [0.717, 1.165) is 4.90 Å². The number of phenols is 1. The van der Waals surface area contributed by atoms with Crippen LogP contribution in [0.15, 0.2) is 39.5 Å². The number of hydrogen-bond acceptors (Lipinski definition) is 5. The van der Waals surface area contributed by atoms with Crippen LogP contribution in [0, 0.1) is 0 Å². The lowest BCUT2D eigenvalue weighted by molar-refractivity contribution is -0.872. The molecular formula is C21H19F3NO5+. The molecule has 9 heteroatoms. The Hall–Kier alpha value is -3.20. The van der Waals surface area contributed by atoms with Gasteiger partial charge in [-0.2, -0.15) is 13.2 Å². The highest BCUT2D eigenvalue weighted by atomic mass is 19.4. The summed E-state index contributed by atoms with van der Waals surface area (Å²) < 4.78 is 57.9. The van der Waals surface area contributed by atoms with Gasteiger partial charge in [-0.15, -0.1) is 0 Å². The second kappa shape index (κ2) is 7.24. The zero-order chi connectivity index (χ0) is 21.6. The van der Waals surface area contributed by atoms with Crippen LogP contribution in [0.2, 0.25) is 0 Å². The van der Waals surface area contributed by atoms with Gasteiger partial charge in [0.25, 0.3) is 0 Å². The fourth-order valence-electron chi connectivity index (χ4n) is 3.49. The van der Waals surface area contributed by atoms with Gasteiger partial charge in [0.1, 0.15) is 25.5 Å². The summed E-state index contributed by atoms with van der Waals surface area (Å²) >= 11 is 0. The van der Waals surface area contributed by atoms with Crippen molar-refractivity contribution in [3.8, 4) is 28.4 Å². The number of ether oxygens (including phenoxy) is 2. The van der Waals surface area contributed by atoms with Crippen molar-refractivity contribution in [1.29, 1.82) is 0 Å². The summed E-state index contributed by atoms with van der Waals surface area (Å²) in [5.74, 6) is -0.997. The third kappa shape index (κ3) is 3.45. The van der Waals surface area contributed by atoms with Crippen LogP contribution in [0.25, 0.3) is 22.1 Å². The van der Waals surface area contributed by atoms with Gasteiger partial charge in [-0.05, 0) is 29.8 Å². The van der Waals surface area contributed by atoms with Crippen LogP contribution in [-0.2, 0) is 12.7 Å². The molecule has 0 saturated carbocycles. The highest BCUT2D eigenvalue weighted by Crippen LogP contribution is 2.41. The van der Waals surface area contributed by atoms with E-state index in [4.69, 9.17) is 13.9 Å². The summed E-state index contributed by atoms with van der Waals surface area (Å²) in [6.07, 6.45) is -4.93. The lowest BCUT2D eigenvalue weighted by Gasteiger charge is -2.20. The Morgan fingerprint density at radius 3 is 2.43 bits per heavy atom. The number of fused-ring (bicyclic) bond motifs is 2. The Labute approximate surface area is 169 Å². The van der Waals surface area contributed by atoms with E-state index < -0.39 is 22.9 Å². The lowest BCUT2D eigenvalue weighted by atomic mass is 9.99. The minimum absolute atomic E-state index is 0.00934. The van der Waals surface area contributed by atoms with Crippen LogP contribution < -0.4 is 19.8 Å². The first-order valence-electron chi connectivity index (χ1n) is 9.24. The molecule has 1 aliphatic rings. The summed E-state index contributed by atoms with van der Waals surface area (Å²) in [5.41, 5.74) is -1.57. The van der Waals surface area contributed by atoms with Gasteiger partial charge in [0, 0.05) is 0 Å². The maximum Gasteiger partial charge on any atom is 0.450 e. The molecule has 0 saturated heterocycles. The van der Waals surface area contributed by atoms with Crippen molar-refractivity contribution in [2.45, 2.75) is 12.7 Å². The van der Waals surface area contributed by atoms with E-state index in [0.29, 0.717) is 12.4 Å². The molecule has 0 radical (unpaired) electrons. The minimum atomic E-state index is -4.93. The molecule has 2 aromatic carbocycles. The van der Waals surface area contributed by atoms with E-state index in [1.165, 1.54) is 30.3 Å². The van der Waals surface area contributed by atoms with Crippen molar-refractivity contribution in [3.63, 3.8) is 0 Å². The molecule has 2 heterocycles. The Kier molecular flexibility index (Phi) is 4.85. The lowest BCUT2D eigenvalue weighted by Crippen LogP contribution is -3.04. The van der Waals surface area contributed by atoms with Crippen molar-refractivity contribution < 1.29 is 37.1 Å². The fraction of sp³-hybridized carbons (Fsp3) is 0.286. The molecule has 1 aromatic heterocycles. The van der Waals surface area contributed by atoms with Gasteiger partial charge in [0.2, 0.25) is 11.2 Å². The average molecular weight is 422 g/mol. The first kappa shape index (κ1) is 20.1. The predicted octanol–water partition coefficient (Wildman–Crippen LogP) is 2.60. The van der Waals surface area contributed by atoms with Gasteiger partial charge in [-0.3, -0.25) is 4.79 Å². The monoisotopic (exact) mass is 422 g/mol. The predicted molar refractivity (Wildman–Crippen MR) is 102 cm³/mol. The molecule has 2 N–H and O–H groups in total. The maximum atomic E-state index is 13.9. The molecule has 0 fully saturated rings. The Bertz CT molecular complexity index is 1180. The number of benzene rings is 2. The largest absolute Gasteiger partial charge is 0.507 e. The second-order valence-electron chi connectivity index (χ2n) is 7.32. The van der Waals surface area contributed by atoms with Crippen molar-refractivity contribution in [2.75, 3.05) is 27.3 Å². The Morgan fingerprint density at radius 2 is 1.77 bits per heavy atom. The van der Waals surface area contributed by atoms with Crippen molar-refractivity contribution in [3.05, 3.63) is 51.9 Å². The molecule has 0 bridgehead atoms. The van der Waals surface area contributed by atoms with Crippen LogP contribution >= 0.6 is 0 Å². The van der Waals surface area contributed by atoms with Crippen LogP contribution in [0.1, 0.15) is 11.3 Å². The van der Waals surface area contributed by atoms with E-state index in [9.17, 15) is 23.1 Å². The van der Waals surface area contributed by atoms with Crippen molar-refractivity contribution >= 4 is 11.0 Å². The van der Waals surface area contributed by atoms with Crippen LogP contribution in [-0.4, -0.2) is 32.4 Å². The van der Waals surface area contributed by atoms with E-state index in [1.807, 2.05) is 0 Å². The van der Waals surface area contributed by atoms with E-state index in [-0.39, 0.29) is 46.7 Å². The number of aromatic hydroxyl groups is 1. The molecule has 0 aliphatic carbocycles. The molecule has 6 nitrogen and oxygen atoms in total. The van der Waals surface area contributed by atoms with Crippen LogP contribution in [0.3, 0.4) is 0 Å². The molecule has 158 valence electrons. The van der Waals surface area contributed by atoms with Gasteiger partial charge < -0.3 is 23.9 Å². The van der Waals surface area contributed by atoms with E-state index in [2.05, 4.69) is 0 Å². The number of rotatable bonds is 3. The molecule has 0 amide bonds. The van der Waals surface area contributed by atoms with Crippen molar-refractivity contribution in [1.82, 2.24) is 0 Å². The van der Waals surface area contributed by atoms with Gasteiger partial charge in [-0.1, -0.05) is 6.07 Å². The smallest absolute Gasteiger partial charge is 0.450 e. The molecule has 4 rings (SSSR count). The summed E-state index contributed by atoms with van der Waals surface area (Å²) in [5, 5.41) is 10.1. The van der Waals surface area contributed by atoms with E-state index in [1.54, 1.807) is 14.1 Å². The minimum Gasteiger partial charge on any atom is -0.507 e. The summed E-state index contributed by atoms with van der Waals surface area (Å²) in [6, 6.07) is 6.73. The number of halogens is 3. The maximum absolute atomic E-state index is 13.9. The second-order valence-corrected chi connectivity index (χ2v) is 7.32. The zero-order valence-corrected chi connectivity index (χ0v) is 16.2. The molecule has 30 heavy (non-hydrogen) atoms. The topological polar surface area (TPSA) is 73.3 Å². The number of nitrogens with one attached hydrogen (secondary N) is 1. The van der Waals surface area contributed by atoms with Gasteiger partial charge in [-0.25, -0.2) is 0 Å². The fourth-order valence-corrected chi connectivity index (χ4v) is 3.49. The van der Waals surface area contributed by atoms with Gasteiger partial charge >= 0.3 is 6.18 Å². The standard InChI is InChI=1S/C21H18F3NO5/c1-25(2)10-13-14(26)5-4-12-18(27)17(20(21(22,23)24)30-19(12)13)11-3-6-15-16(9-11)29-8-7-28-15/h3-6,9,26H,7-8,10H2,1-2H3/p+1. The number of quaternary nitrogens is 1. The molecule has 0 atom stereocenters. The van der Waals surface area contributed by atoms with Crippen LogP contribution in [0.5, 0.6) is 17.2 Å². The highest BCUT2D eigenvalue weighted by molar-refractivity contribution is 5.87. The SMILES string of the molecule is C[NH+](C)Cc1c(O)ccc2c(=O)c(-c3ccc4c(c3)OCCO4)c(C(F)(F)F)oc12. The molecular weight excluding hydrogens is 403 g/mol. The summed E-state index contributed by atoms with van der Waals surface area (Å²) in [6.45, 7) is 0.760. The third-order valence-corrected chi connectivity index (χ3v) is 4.76. The third-order valence-electron chi connectivity index (χ3n) is 4.76. The number of phenolic OH excluding ortho intramolecular Hbond substituents is 1. The summed E-state index contributed by atoms with van der Waals surface area (Å²) in [7, 11) is 3.54. The normalized spacial score (nSPS) is 13.8. The highest BCUT2D eigenvalue weighted by Gasteiger charge is 2.40. The van der Waals surface area contributed by atoms with Crippen molar-refractivity contribution in [2.24, 2.45) is 0 Å². The Balaban J connectivity index is 2.04. The molecule has 0 unspecified atom stereocenters. The van der Waals surface area contributed by atoms with Gasteiger partial charge in [0.05, 0.1) is 30.6 Å².